The van der Waals surface area contributed by atoms with E-state index in [9.17, 15) is 4.79 Å². The van der Waals surface area contributed by atoms with Crippen molar-refractivity contribution in [2.75, 3.05) is 6.61 Å². The fourth-order valence-corrected chi connectivity index (χ4v) is 1.82. The predicted molar refractivity (Wildman–Crippen MR) is 83.1 cm³/mol. The second kappa shape index (κ2) is 6.90. The first kappa shape index (κ1) is 15.1. The molecule has 1 aromatic heterocycles. The fourth-order valence-electron chi connectivity index (χ4n) is 1.68. The summed E-state index contributed by atoms with van der Waals surface area (Å²) in [5.74, 6) is 1.89. The van der Waals surface area contributed by atoms with Crippen molar-refractivity contribution in [2.45, 2.75) is 13.5 Å². The number of carbonyl (C=O) groups excluding carboxylic acids is 1. The number of ether oxygens (including phenoxy) is 1. The van der Waals surface area contributed by atoms with Gasteiger partial charge in [-0.15, -0.1) is 0 Å². The van der Waals surface area contributed by atoms with Gasteiger partial charge in [-0.3, -0.25) is 4.79 Å². The first-order chi connectivity index (χ1) is 10.0. The van der Waals surface area contributed by atoms with Gasteiger partial charge in [-0.25, -0.2) is 0 Å². The number of thiocarbonyl (C=S) groups is 1. The van der Waals surface area contributed by atoms with Gasteiger partial charge in [0.25, 0.3) is 5.91 Å². The molecule has 0 unspecified atom stereocenters. The summed E-state index contributed by atoms with van der Waals surface area (Å²) in [6, 6.07) is 10.6. The Bertz CT molecular complexity index is 635. The molecule has 0 aliphatic heterocycles. The smallest absolute Gasteiger partial charge is 0.258 e. The van der Waals surface area contributed by atoms with E-state index in [0.29, 0.717) is 23.0 Å². The predicted octanol–water partition coefficient (Wildman–Crippen LogP) is 1.92. The number of nitrogens with two attached hydrogens (primary N) is 1. The van der Waals surface area contributed by atoms with E-state index in [1.807, 2.05) is 19.1 Å². The zero-order chi connectivity index (χ0) is 15.2. The van der Waals surface area contributed by atoms with E-state index < -0.39 is 0 Å². The second-order valence-corrected chi connectivity index (χ2v) is 4.91. The Morgan fingerprint density at radius 1 is 1.29 bits per heavy atom. The van der Waals surface area contributed by atoms with Crippen LogP contribution in [0.15, 0.2) is 40.8 Å². The molecule has 21 heavy (non-hydrogen) atoms. The molecule has 1 aromatic carbocycles. The first-order valence-electron chi connectivity index (χ1n) is 6.39. The Kier molecular flexibility index (Phi) is 4.94. The molecule has 0 atom stereocenters. The van der Waals surface area contributed by atoms with Gasteiger partial charge >= 0.3 is 0 Å². The van der Waals surface area contributed by atoms with E-state index in [-0.39, 0.29) is 12.5 Å². The lowest BCUT2D eigenvalue weighted by Crippen LogP contribution is -2.28. The van der Waals surface area contributed by atoms with E-state index in [1.165, 1.54) is 0 Å². The number of carbonyl (C=O) groups is 1. The average Bonchev–Trinajstić information content (AvgIpc) is 2.89. The van der Waals surface area contributed by atoms with Crippen molar-refractivity contribution in [3.05, 3.63) is 53.5 Å². The Morgan fingerprint density at radius 3 is 2.57 bits per heavy atom. The maximum atomic E-state index is 11.7. The molecule has 1 amide bonds. The van der Waals surface area contributed by atoms with E-state index in [0.717, 1.165) is 11.3 Å². The number of hydrogen-bond donors (Lipinski definition) is 2. The molecule has 6 heteroatoms. The van der Waals surface area contributed by atoms with Crippen molar-refractivity contribution in [3.8, 4) is 5.75 Å². The van der Waals surface area contributed by atoms with Crippen molar-refractivity contribution in [1.29, 1.82) is 0 Å². The van der Waals surface area contributed by atoms with Crippen molar-refractivity contribution >= 4 is 23.1 Å². The Hall–Kier alpha value is -2.34. The molecular formula is C15H16N2O3S. The molecule has 1 heterocycles. The van der Waals surface area contributed by atoms with Gasteiger partial charge in [-0.1, -0.05) is 12.2 Å². The summed E-state index contributed by atoms with van der Waals surface area (Å²) in [7, 11) is 0. The molecule has 0 fully saturated rings. The van der Waals surface area contributed by atoms with Crippen molar-refractivity contribution in [2.24, 2.45) is 5.73 Å². The van der Waals surface area contributed by atoms with E-state index in [4.69, 9.17) is 27.1 Å². The highest BCUT2D eigenvalue weighted by atomic mass is 32.1. The second-order valence-electron chi connectivity index (χ2n) is 4.47. The third-order valence-corrected chi connectivity index (χ3v) is 3.00. The maximum Gasteiger partial charge on any atom is 0.258 e. The third-order valence-electron chi connectivity index (χ3n) is 2.76. The zero-order valence-corrected chi connectivity index (χ0v) is 12.4. The average molecular weight is 304 g/mol. The van der Waals surface area contributed by atoms with Crippen LogP contribution in [0.2, 0.25) is 0 Å². The van der Waals surface area contributed by atoms with Gasteiger partial charge in [0.1, 0.15) is 22.3 Å². The monoisotopic (exact) mass is 304 g/mol. The molecule has 5 nitrogen and oxygen atoms in total. The van der Waals surface area contributed by atoms with Crippen molar-refractivity contribution in [3.63, 3.8) is 0 Å². The number of hydrogen-bond acceptors (Lipinski definition) is 4. The third kappa shape index (κ3) is 4.61. The molecule has 0 bridgehead atoms. The summed E-state index contributed by atoms with van der Waals surface area (Å²) >= 11 is 4.86. The van der Waals surface area contributed by atoms with Gasteiger partial charge in [-0.05, 0) is 43.3 Å². The lowest BCUT2D eigenvalue weighted by Gasteiger charge is -2.07. The van der Waals surface area contributed by atoms with E-state index in [2.05, 4.69) is 5.32 Å². The van der Waals surface area contributed by atoms with Crippen LogP contribution in [-0.4, -0.2) is 17.5 Å². The van der Waals surface area contributed by atoms with Gasteiger partial charge in [0.05, 0.1) is 6.54 Å². The summed E-state index contributed by atoms with van der Waals surface area (Å²) in [6.07, 6.45) is 0. The lowest BCUT2D eigenvalue weighted by atomic mass is 10.2. The summed E-state index contributed by atoms with van der Waals surface area (Å²) in [6.45, 7) is 2.13. The van der Waals surface area contributed by atoms with Crippen molar-refractivity contribution in [1.82, 2.24) is 5.32 Å². The van der Waals surface area contributed by atoms with E-state index >= 15 is 0 Å². The normalized spacial score (nSPS) is 10.1. The largest absolute Gasteiger partial charge is 0.484 e. The highest BCUT2D eigenvalue weighted by molar-refractivity contribution is 7.80. The minimum Gasteiger partial charge on any atom is -0.484 e. The summed E-state index contributed by atoms with van der Waals surface area (Å²) in [4.78, 5) is 12.0. The van der Waals surface area contributed by atoms with Gasteiger partial charge in [0, 0.05) is 5.56 Å². The molecule has 2 rings (SSSR count). The van der Waals surface area contributed by atoms with E-state index in [1.54, 1.807) is 24.3 Å². The number of rotatable bonds is 6. The quantitative estimate of drug-likeness (QED) is 0.797. The molecular weight excluding hydrogens is 288 g/mol. The maximum absolute atomic E-state index is 11.7. The summed E-state index contributed by atoms with van der Waals surface area (Å²) < 4.78 is 10.7. The minimum atomic E-state index is -0.220. The molecule has 0 spiro atoms. The molecule has 3 N–H and O–H groups in total. The molecule has 110 valence electrons. The fraction of sp³-hybridized carbons (Fsp3) is 0.200. The van der Waals surface area contributed by atoms with Crippen LogP contribution in [-0.2, 0) is 11.3 Å². The Labute approximate surface area is 128 Å². The molecule has 0 saturated heterocycles. The standard InChI is InChI=1S/C15H16N2O3S/c1-10-2-5-13(20-10)8-17-14(18)9-19-12-6-3-11(4-7-12)15(16)21/h2-7H,8-9H2,1H3,(H2,16,21)(H,17,18). The van der Waals surface area contributed by atoms with Crippen LogP contribution in [0.25, 0.3) is 0 Å². The van der Waals surface area contributed by atoms with Crippen molar-refractivity contribution < 1.29 is 13.9 Å². The highest BCUT2D eigenvalue weighted by Gasteiger charge is 2.05. The molecule has 0 saturated carbocycles. The van der Waals surface area contributed by atoms with Crippen LogP contribution in [0.5, 0.6) is 5.75 Å². The molecule has 2 aromatic rings. The molecule has 0 aliphatic rings. The number of furan rings is 1. The van der Waals surface area contributed by atoms with Crippen LogP contribution >= 0.6 is 12.2 Å². The van der Waals surface area contributed by atoms with Crippen LogP contribution in [0.3, 0.4) is 0 Å². The molecule has 0 aliphatic carbocycles. The van der Waals surface area contributed by atoms with Gasteiger partial charge < -0.3 is 20.2 Å². The van der Waals surface area contributed by atoms with Gasteiger partial charge in [0.15, 0.2) is 6.61 Å². The number of amides is 1. The Morgan fingerprint density at radius 2 is 2.00 bits per heavy atom. The first-order valence-corrected chi connectivity index (χ1v) is 6.80. The summed E-state index contributed by atoms with van der Waals surface area (Å²) in [5, 5.41) is 2.71. The van der Waals surface area contributed by atoms with Crippen LogP contribution in [0.1, 0.15) is 17.1 Å². The SMILES string of the molecule is Cc1ccc(CNC(=O)COc2ccc(C(N)=S)cc2)o1. The molecule has 0 radical (unpaired) electrons. The topological polar surface area (TPSA) is 77.5 Å². The lowest BCUT2D eigenvalue weighted by molar-refractivity contribution is -0.123. The van der Waals surface area contributed by atoms with Crippen LogP contribution in [0, 0.1) is 6.92 Å². The van der Waals surface area contributed by atoms with Gasteiger partial charge in [0.2, 0.25) is 0 Å². The summed E-state index contributed by atoms with van der Waals surface area (Å²) in [5.41, 5.74) is 6.26. The minimum absolute atomic E-state index is 0.0634. The van der Waals surface area contributed by atoms with Crippen LogP contribution < -0.4 is 15.8 Å². The Balaban J connectivity index is 1.77. The number of aryl methyl sites for hydroxylation is 1. The number of nitrogens with one attached hydrogen (secondary N) is 1. The van der Waals surface area contributed by atoms with Gasteiger partial charge in [-0.2, -0.15) is 0 Å². The zero-order valence-electron chi connectivity index (χ0n) is 11.6. The highest BCUT2D eigenvalue weighted by Crippen LogP contribution is 2.12. The van der Waals surface area contributed by atoms with Crippen LogP contribution in [0.4, 0.5) is 0 Å². The number of benzene rings is 1.